The first-order chi connectivity index (χ1) is 14.8. The molecule has 0 bridgehead atoms. The molecule has 4 nitrogen and oxygen atoms in total. The summed E-state index contributed by atoms with van der Waals surface area (Å²) in [5.41, 5.74) is 3.24. The highest BCUT2D eigenvalue weighted by Crippen LogP contribution is 2.43. The van der Waals surface area contributed by atoms with E-state index >= 15 is 0 Å². The molecular formula is C26H26N2O2. The molecule has 2 heterocycles. The summed E-state index contributed by atoms with van der Waals surface area (Å²) in [6.07, 6.45) is 2.04. The fourth-order valence-corrected chi connectivity index (χ4v) is 4.56. The monoisotopic (exact) mass is 398 g/mol. The standard InChI is InChI=1S/C26H26N2O2/c29-26(27-20-15-17-28(18-20)16-14-19-8-2-1-3-9-19)25-21-10-4-6-12-23(21)30-24-13-7-5-11-22(24)25/h1-13,20,25H,14-18H2,(H,27,29). The van der Waals surface area contributed by atoms with Crippen LogP contribution in [0, 0.1) is 0 Å². The third-order valence-electron chi connectivity index (χ3n) is 6.12. The SMILES string of the molecule is O=C(NC1CCN(CCc2ccccc2)C1)C1c2ccccc2Oc2ccccc21. The molecule has 1 amide bonds. The topological polar surface area (TPSA) is 41.6 Å². The number of para-hydroxylation sites is 2. The van der Waals surface area contributed by atoms with Crippen LogP contribution in [0.15, 0.2) is 78.9 Å². The molecule has 3 aromatic carbocycles. The summed E-state index contributed by atoms with van der Waals surface area (Å²) in [6.45, 7) is 2.96. The number of carbonyl (C=O) groups excluding carboxylic acids is 1. The maximum atomic E-state index is 13.4. The quantitative estimate of drug-likeness (QED) is 0.694. The Labute approximate surface area is 177 Å². The molecule has 1 N–H and O–H groups in total. The normalized spacial score (nSPS) is 18.3. The van der Waals surface area contributed by atoms with Crippen LogP contribution in [0.1, 0.15) is 29.0 Å². The van der Waals surface area contributed by atoms with Crippen LogP contribution >= 0.6 is 0 Å². The summed E-state index contributed by atoms with van der Waals surface area (Å²) >= 11 is 0. The zero-order valence-electron chi connectivity index (χ0n) is 17.0. The van der Waals surface area contributed by atoms with E-state index in [1.54, 1.807) is 0 Å². The van der Waals surface area contributed by atoms with Gasteiger partial charge in [0.25, 0.3) is 0 Å². The van der Waals surface area contributed by atoms with Crippen LogP contribution in [0.3, 0.4) is 0 Å². The van der Waals surface area contributed by atoms with Crippen molar-refractivity contribution in [3.8, 4) is 11.5 Å². The fourth-order valence-electron chi connectivity index (χ4n) is 4.56. The molecule has 0 radical (unpaired) electrons. The largest absolute Gasteiger partial charge is 0.457 e. The molecule has 4 heteroatoms. The Bertz CT molecular complexity index is 988. The second-order valence-corrected chi connectivity index (χ2v) is 8.14. The van der Waals surface area contributed by atoms with E-state index in [-0.39, 0.29) is 17.9 Å². The highest BCUT2D eigenvalue weighted by molar-refractivity contribution is 5.89. The zero-order valence-corrected chi connectivity index (χ0v) is 17.0. The predicted octanol–water partition coefficient (Wildman–Crippen LogP) is 4.36. The smallest absolute Gasteiger partial charge is 0.232 e. The van der Waals surface area contributed by atoms with Gasteiger partial charge in [-0.15, -0.1) is 0 Å². The molecule has 2 aliphatic heterocycles. The van der Waals surface area contributed by atoms with Crippen LogP contribution in [-0.4, -0.2) is 36.5 Å². The molecule has 1 unspecified atom stereocenters. The van der Waals surface area contributed by atoms with Gasteiger partial charge in [0, 0.05) is 36.8 Å². The predicted molar refractivity (Wildman–Crippen MR) is 118 cm³/mol. The first-order valence-corrected chi connectivity index (χ1v) is 10.7. The van der Waals surface area contributed by atoms with Crippen molar-refractivity contribution in [3.05, 3.63) is 95.6 Å². The highest BCUT2D eigenvalue weighted by atomic mass is 16.5. The van der Waals surface area contributed by atoms with Crippen LogP contribution in [0.5, 0.6) is 11.5 Å². The third kappa shape index (κ3) is 3.83. The zero-order chi connectivity index (χ0) is 20.3. The Morgan fingerprint density at radius 2 is 1.53 bits per heavy atom. The lowest BCUT2D eigenvalue weighted by Gasteiger charge is -2.28. The lowest BCUT2D eigenvalue weighted by Crippen LogP contribution is -2.40. The number of rotatable bonds is 5. The summed E-state index contributed by atoms with van der Waals surface area (Å²) in [5, 5.41) is 3.32. The van der Waals surface area contributed by atoms with Gasteiger partial charge >= 0.3 is 0 Å². The number of hydrogen-bond donors (Lipinski definition) is 1. The number of carbonyl (C=O) groups is 1. The van der Waals surface area contributed by atoms with Crippen LogP contribution in [0.2, 0.25) is 0 Å². The van der Waals surface area contributed by atoms with E-state index in [1.807, 2.05) is 48.5 Å². The van der Waals surface area contributed by atoms with Gasteiger partial charge in [0.05, 0.1) is 5.92 Å². The van der Waals surface area contributed by atoms with Gasteiger partial charge in [-0.05, 0) is 30.5 Å². The van der Waals surface area contributed by atoms with Crippen molar-refractivity contribution in [1.29, 1.82) is 0 Å². The van der Waals surface area contributed by atoms with Crippen molar-refractivity contribution in [3.63, 3.8) is 0 Å². The lowest BCUT2D eigenvalue weighted by atomic mass is 9.87. The minimum Gasteiger partial charge on any atom is -0.457 e. The Balaban J connectivity index is 1.26. The number of likely N-dealkylation sites (tertiary alicyclic amines) is 1. The summed E-state index contributed by atoms with van der Waals surface area (Å²) in [5.74, 6) is 1.28. The van der Waals surface area contributed by atoms with Gasteiger partial charge in [0.15, 0.2) is 0 Å². The van der Waals surface area contributed by atoms with Crippen molar-refractivity contribution in [2.45, 2.75) is 24.8 Å². The number of ether oxygens (including phenoxy) is 1. The average molecular weight is 399 g/mol. The van der Waals surface area contributed by atoms with Gasteiger partial charge in [-0.3, -0.25) is 4.79 Å². The van der Waals surface area contributed by atoms with Crippen molar-refractivity contribution >= 4 is 5.91 Å². The van der Waals surface area contributed by atoms with E-state index in [9.17, 15) is 4.79 Å². The van der Waals surface area contributed by atoms with Crippen LogP contribution in [-0.2, 0) is 11.2 Å². The molecule has 5 rings (SSSR count). The summed E-state index contributed by atoms with van der Waals surface area (Å²) < 4.78 is 6.03. The van der Waals surface area contributed by atoms with Crippen LogP contribution in [0.25, 0.3) is 0 Å². The summed E-state index contributed by atoms with van der Waals surface area (Å²) in [6, 6.07) is 26.5. The summed E-state index contributed by atoms with van der Waals surface area (Å²) in [7, 11) is 0. The van der Waals surface area contributed by atoms with Crippen molar-refractivity contribution in [1.82, 2.24) is 10.2 Å². The van der Waals surface area contributed by atoms with Gasteiger partial charge in [-0.2, -0.15) is 0 Å². The molecule has 0 spiro atoms. The number of nitrogens with zero attached hydrogens (tertiary/aromatic N) is 1. The first kappa shape index (κ1) is 18.9. The van der Waals surface area contributed by atoms with Gasteiger partial charge in [-0.1, -0.05) is 66.7 Å². The lowest BCUT2D eigenvalue weighted by molar-refractivity contribution is -0.122. The molecule has 2 aliphatic rings. The minimum absolute atomic E-state index is 0.0631. The second-order valence-electron chi connectivity index (χ2n) is 8.14. The average Bonchev–Trinajstić information content (AvgIpc) is 3.23. The van der Waals surface area contributed by atoms with Gasteiger partial charge < -0.3 is 15.0 Å². The van der Waals surface area contributed by atoms with E-state index in [0.717, 1.165) is 55.1 Å². The van der Waals surface area contributed by atoms with Crippen LogP contribution < -0.4 is 10.1 Å². The number of fused-ring (bicyclic) bond motifs is 2. The molecule has 152 valence electrons. The molecule has 0 aromatic heterocycles. The van der Waals surface area contributed by atoms with Crippen molar-refractivity contribution < 1.29 is 9.53 Å². The second kappa shape index (κ2) is 8.33. The molecule has 30 heavy (non-hydrogen) atoms. The van der Waals surface area contributed by atoms with E-state index < -0.39 is 0 Å². The third-order valence-corrected chi connectivity index (χ3v) is 6.12. The Hall–Kier alpha value is -3.11. The summed E-state index contributed by atoms with van der Waals surface area (Å²) in [4.78, 5) is 15.8. The molecule has 3 aromatic rings. The molecule has 0 saturated carbocycles. The number of hydrogen-bond acceptors (Lipinski definition) is 3. The van der Waals surface area contributed by atoms with E-state index in [1.165, 1.54) is 5.56 Å². The van der Waals surface area contributed by atoms with Gasteiger partial charge in [-0.25, -0.2) is 0 Å². The van der Waals surface area contributed by atoms with Gasteiger partial charge in [0.2, 0.25) is 5.91 Å². The van der Waals surface area contributed by atoms with Crippen molar-refractivity contribution in [2.75, 3.05) is 19.6 Å². The molecule has 1 fully saturated rings. The van der Waals surface area contributed by atoms with Crippen LogP contribution in [0.4, 0.5) is 0 Å². The highest BCUT2D eigenvalue weighted by Gasteiger charge is 2.34. The maximum absolute atomic E-state index is 13.4. The number of benzene rings is 3. The fraction of sp³-hybridized carbons (Fsp3) is 0.269. The van der Waals surface area contributed by atoms with E-state index in [2.05, 4.69) is 40.5 Å². The Morgan fingerprint density at radius 3 is 2.23 bits per heavy atom. The molecule has 1 atom stereocenters. The number of nitrogens with one attached hydrogen (secondary N) is 1. The van der Waals surface area contributed by atoms with Gasteiger partial charge in [0.1, 0.15) is 11.5 Å². The Kier molecular flexibility index (Phi) is 5.24. The minimum atomic E-state index is -0.329. The first-order valence-electron chi connectivity index (χ1n) is 10.7. The van der Waals surface area contributed by atoms with E-state index in [0.29, 0.717) is 0 Å². The number of amides is 1. The molecule has 1 saturated heterocycles. The Morgan fingerprint density at radius 1 is 0.900 bits per heavy atom. The maximum Gasteiger partial charge on any atom is 0.232 e. The molecular weight excluding hydrogens is 372 g/mol. The van der Waals surface area contributed by atoms with Crippen molar-refractivity contribution in [2.24, 2.45) is 0 Å². The molecule has 0 aliphatic carbocycles. The van der Waals surface area contributed by atoms with E-state index in [4.69, 9.17) is 4.74 Å².